The molecule has 0 saturated carbocycles. The van der Waals surface area contributed by atoms with Gasteiger partial charge in [0.1, 0.15) is 0 Å². The highest BCUT2D eigenvalue weighted by Crippen LogP contribution is 2.31. The fourth-order valence-corrected chi connectivity index (χ4v) is 3.03. The van der Waals surface area contributed by atoms with Crippen molar-refractivity contribution in [1.82, 2.24) is 4.98 Å². The summed E-state index contributed by atoms with van der Waals surface area (Å²) < 4.78 is 0. The molecule has 1 heterocycles. The molecule has 3 nitrogen and oxygen atoms in total. The van der Waals surface area contributed by atoms with Crippen molar-refractivity contribution < 1.29 is 4.79 Å². The molecular formula is C13H20N2OS. The molecule has 0 fully saturated rings. The number of aromatic nitrogens is 1. The first-order chi connectivity index (χ1) is 8.08. The number of hydrogen-bond donors (Lipinski definition) is 0. The van der Waals surface area contributed by atoms with E-state index in [2.05, 4.69) is 30.8 Å². The van der Waals surface area contributed by atoms with Gasteiger partial charge in [0.05, 0.1) is 10.6 Å². The van der Waals surface area contributed by atoms with Gasteiger partial charge in [-0.05, 0) is 25.2 Å². The fraction of sp³-hybridized carbons (Fsp3) is 0.692. The van der Waals surface area contributed by atoms with Gasteiger partial charge in [-0.1, -0.05) is 25.2 Å². The van der Waals surface area contributed by atoms with Crippen LogP contribution < -0.4 is 4.90 Å². The topological polar surface area (TPSA) is 33.2 Å². The first kappa shape index (κ1) is 12.6. The second-order valence-corrected chi connectivity index (χ2v) is 6.13. The van der Waals surface area contributed by atoms with Crippen LogP contribution in [0.1, 0.15) is 48.5 Å². The summed E-state index contributed by atoms with van der Waals surface area (Å²) >= 11 is 1.57. The summed E-state index contributed by atoms with van der Waals surface area (Å²) in [4.78, 5) is 19.4. The number of anilines is 1. The van der Waals surface area contributed by atoms with E-state index in [1.165, 1.54) is 0 Å². The van der Waals surface area contributed by atoms with Crippen molar-refractivity contribution >= 4 is 22.3 Å². The molecule has 1 aliphatic carbocycles. The van der Waals surface area contributed by atoms with Crippen LogP contribution in [0.4, 0.5) is 5.13 Å². The van der Waals surface area contributed by atoms with E-state index in [1.54, 1.807) is 11.3 Å². The minimum absolute atomic E-state index is 0.284. The van der Waals surface area contributed by atoms with Crippen LogP contribution in [-0.4, -0.2) is 24.4 Å². The van der Waals surface area contributed by atoms with Gasteiger partial charge in [-0.3, -0.25) is 4.79 Å². The zero-order valence-corrected chi connectivity index (χ0v) is 11.6. The zero-order valence-electron chi connectivity index (χ0n) is 10.8. The van der Waals surface area contributed by atoms with E-state index in [9.17, 15) is 4.79 Å². The Kier molecular flexibility index (Phi) is 3.82. The lowest BCUT2D eigenvalue weighted by atomic mass is 10.0. The predicted molar refractivity (Wildman–Crippen MR) is 72.1 cm³/mol. The van der Waals surface area contributed by atoms with Crippen molar-refractivity contribution in [2.75, 3.05) is 18.5 Å². The monoisotopic (exact) mass is 252 g/mol. The van der Waals surface area contributed by atoms with Crippen LogP contribution in [0, 0.1) is 5.92 Å². The van der Waals surface area contributed by atoms with E-state index in [0.29, 0.717) is 12.3 Å². The van der Waals surface area contributed by atoms with Crippen LogP contribution in [0.2, 0.25) is 0 Å². The van der Waals surface area contributed by atoms with Crippen LogP contribution in [-0.2, 0) is 6.42 Å². The number of fused-ring (bicyclic) bond motifs is 1. The molecule has 0 bridgehead atoms. The SMILES string of the molecule is CC(C)CCN(C)c1nc2c(s1)C(=O)CCC2. The van der Waals surface area contributed by atoms with E-state index in [1.807, 2.05) is 0 Å². The van der Waals surface area contributed by atoms with Crippen molar-refractivity contribution in [1.29, 1.82) is 0 Å². The van der Waals surface area contributed by atoms with Gasteiger partial charge in [0.15, 0.2) is 10.9 Å². The average Bonchev–Trinajstić information content (AvgIpc) is 2.71. The molecule has 1 aromatic heterocycles. The molecule has 2 rings (SSSR count). The largest absolute Gasteiger partial charge is 0.351 e. The Labute approximate surface area is 107 Å². The van der Waals surface area contributed by atoms with Gasteiger partial charge >= 0.3 is 0 Å². The maximum absolute atomic E-state index is 11.7. The highest BCUT2D eigenvalue weighted by Gasteiger charge is 2.23. The average molecular weight is 252 g/mol. The van der Waals surface area contributed by atoms with Gasteiger partial charge < -0.3 is 4.90 Å². The number of aryl methyl sites for hydroxylation is 1. The lowest BCUT2D eigenvalue weighted by Crippen LogP contribution is -2.19. The second kappa shape index (κ2) is 5.17. The summed E-state index contributed by atoms with van der Waals surface area (Å²) in [7, 11) is 2.07. The normalized spacial score (nSPS) is 15.2. The van der Waals surface area contributed by atoms with Crippen molar-refractivity contribution in [3.63, 3.8) is 0 Å². The molecule has 0 aliphatic heterocycles. The number of thiazole rings is 1. The second-order valence-electron chi connectivity index (χ2n) is 5.15. The van der Waals surface area contributed by atoms with Crippen LogP contribution in [0.5, 0.6) is 0 Å². The van der Waals surface area contributed by atoms with Crippen molar-refractivity contribution in [3.05, 3.63) is 10.6 Å². The Morgan fingerprint density at radius 1 is 1.41 bits per heavy atom. The number of ketones is 1. The van der Waals surface area contributed by atoms with Crippen LogP contribution >= 0.6 is 11.3 Å². The number of Topliss-reactive ketones (excluding diaryl/α,β-unsaturated/α-hetero) is 1. The van der Waals surface area contributed by atoms with Crippen molar-refractivity contribution in [3.8, 4) is 0 Å². The number of carbonyl (C=O) groups is 1. The van der Waals surface area contributed by atoms with Crippen LogP contribution in [0.25, 0.3) is 0 Å². The number of nitrogens with zero attached hydrogens (tertiary/aromatic N) is 2. The van der Waals surface area contributed by atoms with Crippen molar-refractivity contribution in [2.24, 2.45) is 5.92 Å². The van der Waals surface area contributed by atoms with E-state index in [4.69, 9.17) is 0 Å². The standard InChI is InChI=1S/C13H20N2OS/c1-9(2)7-8-15(3)13-14-10-5-4-6-11(16)12(10)17-13/h9H,4-8H2,1-3H3. The molecule has 94 valence electrons. The van der Waals surface area contributed by atoms with E-state index in [0.717, 1.165) is 41.5 Å². The lowest BCUT2D eigenvalue weighted by molar-refractivity contribution is 0.0976. The minimum Gasteiger partial charge on any atom is -0.351 e. The summed E-state index contributed by atoms with van der Waals surface area (Å²) in [6.45, 7) is 5.47. The Hall–Kier alpha value is -0.900. The maximum atomic E-state index is 11.7. The number of hydrogen-bond acceptors (Lipinski definition) is 4. The zero-order chi connectivity index (χ0) is 12.4. The molecular weight excluding hydrogens is 232 g/mol. The number of carbonyl (C=O) groups excluding carboxylic acids is 1. The van der Waals surface area contributed by atoms with Gasteiger partial charge in [0, 0.05) is 20.0 Å². The summed E-state index contributed by atoms with van der Waals surface area (Å²) in [6.07, 6.45) is 3.79. The van der Waals surface area contributed by atoms with Crippen molar-refractivity contribution in [2.45, 2.75) is 39.5 Å². The third-order valence-electron chi connectivity index (χ3n) is 3.13. The van der Waals surface area contributed by atoms with E-state index < -0.39 is 0 Å². The smallest absolute Gasteiger partial charge is 0.185 e. The van der Waals surface area contributed by atoms with E-state index >= 15 is 0 Å². The molecule has 0 radical (unpaired) electrons. The maximum Gasteiger partial charge on any atom is 0.185 e. The molecule has 0 spiro atoms. The molecule has 0 amide bonds. The fourth-order valence-electron chi connectivity index (χ4n) is 1.97. The summed E-state index contributed by atoms with van der Waals surface area (Å²) in [6, 6.07) is 0. The highest BCUT2D eigenvalue weighted by molar-refractivity contribution is 7.17. The van der Waals surface area contributed by atoms with Gasteiger partial charge in [-0.25, -0.2) is 4.98 Å². The van der Waals surface area contributed by atoms with Crippen LogP contribution in [0.3, 0.4) is 0 Å². The molecule has 17 heavy (non-hydrogen) atoms. The first-order valence-electron chi connectivity index (χ1n) is 6.32. The number of rotatable bonds is 4. The predicted octanol–water partition coefficient (Wildman–Crippen LogP) is 3.14. The molecule has 0 N–H and O–H groups in total. The Morgan fingerprint density at radius 2 is 2.18 bits per heavy atom. The van der Waals surface area contributed by atoms with Gasteiger partial charge in [0.2, 0.25) is 0 Å². The summed E-state index contributed by atoms with van der Waals surface area (Å²) in [5, 5.41) is 1.01. The summed E-state index contributed by atoms with van der Waals surface area (Å²) in [5.74, 6) is 0.987. The first-order valence-corrected chi connectivity index (χ1v) is 7.13. The molecule has 4 heteroatoms. The van der Waals surface area contributed by atoms with E-state index in [-0.39, 0.29) is 5.78 Å². The van der Waals surface area contributed by atoms with Gasteiger partial charge in [-0.15, -0.1) is 0 Å². The molecule has 1 aliphatic rings. The molecule has 0 aromatic carbocycles. The van der Waals surface area contributed by atoms with Gasteiger partial charge in [0.25, 0.3) is 0 Å². The third-order valence-corrected chi connectivity index (χ3v) is 4.38. The van der Waals surface area contributed by atoms with Crippen LogP contribution in [0.15, 0.2) is 0 Å². The Morgan fingerprint density at radius 3 is 2.82 bits per heavy atom. The third kappa shape index (κ3) is 2.86. The van der Waals surface area contributed by atoms with Gasteiger partial charge in [-0.2, -0.15) is 0 Å². The quantitative estimate of drug-likeness (QED) is 0.825. The molecule has 0 atom stereocenters. The Balaban J connectivity index is 2.09. The highest BCUT2D eigenvalue weighted by atomic mass is 32.1. The lowest BCUT2D eigenvalue weighted by Gasteiger charge is -2.16. The minimum atomic E-state index is 0.284. The summed E-state index contributed by atoms with van der Waals surface area (Å²) in [5.41, 5.74) is 1.03. The molecule has 0 unspecified atom stereocenters. The molecule has 1 aromatic rings. The molecule has 0 saturated heterocycles. The Bertz CT molecular complexity index is 412.